The van der Waals surface area contributed by atoms with Gasteiger partial charge in [-0.25, -0.2) is 4.68 Å². The molecule has 1 aromatic heterocycles. The van der Waals surface area contributed by atoms with Gasteiger partial charge in [-0.1, -0.05) is 17.7 Å². The molecule has 0 fully saturated rings. The third-order valence-electron chi connectivity index (χ3n) is 2.49. The summed E-state index contributed by atoms with van der Waals surface area (Å²) in [5.74, 6) is 1.37. The number of halogens is 1. The van der Waals surface area contributed by atoms with Crippen LogP contribution in [0.3, 0.4) is 0 Å². The Bertz CT molecular complexity index is 537. The Hall–Kier alpha value is -1.68. The van der Waals surface area contributed by atoms with E-state index in [1.165, 1.54) is 0 Å². The van der Waals surface area contributed by atoms with Crippen molar-refractivity contribution in [3.63, 3.8) is 0 Å². The van der Waals surface area contributed by atoms with E-state index in [-0.39, 0.29) is 6.04 Å². The van der Waals surface area contributed by atoms with Crippen LogP contribution in [-0.2, 0) is 6.61 Å². The van der Waals surface area contributed by atoms with E-state index < -0.39 is 0 Å². The van der Waals surface area contributed by atoms with Crippen LogP contribution in [0.2, 0.25) is 5.02 Å². The van der Waals surface area contributed by atoms with Gasteiger partial charge in [0.1, 0.15) is 23.9 Å². The van der Waals surface area contributed by atoms with E-state index in [1.807, 2.05) is 32.0 Å². The fourth-order valence-electron chi connectivity index (χ4n) is 1.66. The second kappa shape index (κ2) is 5.31. The molecule has 0 atom stereocenters. The second-order valence-electron chi connectivity index (χ2n) is 4.34. The second-order valence-corrected chi connectivity index (χ2v) is 4.78. The molecule has 1 aromatic carbocycles. The molecule has 0 saturated carbocycles. The van der Waals surface area contributed by atoms with Gasteiger partial charge in [0.2, 0.25) is 0 Å². The first-order valence-electron chi connectivity index (χ1n) is 5.78. The number of hydrogen-bond acceptors (Lipinski definition) is 3. The molecule has 0 aliphatic carbocycles. The lowest BCUT2D eigenvalue weighted by atomic mass is 10.3. The lowest BCUT2D eigenvalue weighted by Gasteiger charge is -2.07. The van der Waals surface area contributed by atoms with E-state index in [0.29, 0.717) is 17.4 Å². The van der Waals surface area contributed by atoms with Crippen LogP contribution in [-0.4, -0.2) is 9.78 Å². The number of nitrogens with zero attached hydrogens (tertiary/aromatic N) is 2. The molecule has 0 amide bonds. The highest BCUT2D eigenvalue weighted by Gasteiger charge is 2.08. The first-order chi connectivity index (χ1) is 8.56. The van der Waals surface area contributed by atoms with Gasteiger partial charge in [0.15, 0.2) is 0 Å². The summed E-state index contributed by atoms with van der Waals surface area (Å²) in [5.41, 5.74) is 6.67. The van der Waals surface area contributed by atoms with E-state index in [1.54, 1.807) is 16.8 Å². The fraction of sp³-hybridized carbons (Fsp3) is 0.308. The maximum Gasteiger partial charge on any atom is 0.132 e. The summed E-state index contributed by atoms with van der Waals surface area (Å²) in [7, 11) is 0. The van der Waals surface area contributed by atoms with Gasteiger partial charge in [0.25, 0.3) is 0 Å². The molecule has 2 rings (SSSR count). The number of rotatable bonds is 4. The van der Waals surface area contributed by atoms with E-state index in [0.717, 1.165) is 11.4 Å². The molecule has 4 nitrogen and oxygen atoms in total. The molecule has 2 N–H and O–H groups in total. The first kappa shape index (κ1) is 12.8. The molecule has 0 bridgehead atoms. The van der Waals surface area contributed by atoms with Crippen molar-refractivity contribution < 1.29 is 4.74 Å². The standard InChI is InChI=1S/C13H16ClN3O/c1-9(2)17-13(15)7-11(16-17)8-18-12-5-3-4-10(14)6-12/h3-7,9H,8,15H2,1-2H3. The zero-order valence-corrected chi connectivity index (χ0v) is 11.2. The minimum atomic E-state index is 0.241. The van der Waals surface area contributed by atoms with Crippen LogP contribution in [0.15, 0.2) is 30.3 Å². The summed E-state index contributed by atoms with van der Waals surface area (Å²) in [4.78, 5) is 0. The quantitative estimate of drug-likeness (QED) is 0.923. The average molecular weight is 266 g/mol. The molecule has 5 heteroatoms. The minimum absolute atomic E-state index is 0.241. The van der Waals surface area contributed by atoms with E-state index in [9.17, 15) is 0 Å². The summed E-state index contributed by atoms with van der Waals surface area (Å²) < 4.78 is 7.38. The van der Waals surface area contributed by atoms with Gasteiger partial charge < -0.3 is 10.5 Å². The molecule has 0 unspecified atom stereocenters. The van der Waals surface area contributed by atoms with Gasteiger partial charge in [0, 0.05) is 17.1 Å². The number of ether oxygens (including phenoxy) is 1. The summed E-state index contributed by atoms with van der Waals surface area (Å²) >= 11 is 5.88. The minimum Gasteiger partial charge on any atom is -0.487 e. The third kappa shape index (κ3) is 2.96. The van der Waals surface area contributed by atoms with Crippen molar-refractivity contribution in [1.29, 1.82) is 0 Å². The van der Waals surface area contributed by atoms with Crippen molar-refractivity contribution in [1.82, 2.24) is 9.78 Å². The molecule has 0 aliphatic heterocycles. The predicted octanol–water partition coefficient (Wildman–Crippen LogP) is 3.28. The molecule has 0 spiro atoms. The average Bonchev–Trinajstić information content (AvgIpc) is 2.68. The van der Waals surface area contributed by atoms with Crippen LogP contribution in [0.25, 0.3) is 0 Å². The Morgan fingerprint density at radius 1 is 1.39 bits per heavy atom. The number of anilines is 1. The van der Waals surface area contributed by atoms with Crippen molar-refractivity contribution in [3.8, 4) is 5.75 Å². The largest absolute Gasteiger partial charge is 0.487 e. The van der Waals surface area contributed by atoms with Crippen LogP contribution in [0.4, 0.5) is 5.82 Å². The third-order valence-corrected chi connectivity index (χ3v) is 2.72. The molecule has 2 aromatic rings. The van der Waals surface area contributed by atoms with Crippen LogP contribution < -0.4 is 10.5 Å². The number of hydrogen-bond donors (Lipinski definition) is 1. The topological polar surface area (TPSA) is 53.1 Å². The highest BCUT2D eigenvalue weighted by Crippen LogP contribution is 2.19. The lowest BCUT2D eigenvalue weighted by Crippen LogP contribution is -2.07. The van der Waals surface area contributed by atoms with E-state index in [4.69, 9.17) is 22.1 Å². The van der Waals surface area contributed by atoms with Gasteiger partial charge in [-0.15, -0.1) is 0 Å². The fourth-order valence-corrected chi connectivity index (χ4v) is 1.84. The molecule has 0 aliphatic rings. The lowest BCUT2D eigenvalue weighted by molar-refractivity contribution is 0.299. The summed E-state index contributed by atoms with van der Waals surface area (Å²) in [6, 6.07) is 9.34. The van der Waals surface area contributed by atoms with Crippen molar-refractivity contribution in [3.05, 3.63) is 41.0 Å². The Morgan fingerprint density at radius 3 is 2.78 bits per heavy atom. The van der Waals surface area contributed by atoms with Gasteiger partial charge in [-0.2, -0.15) is 5.10 Å². The predicted molar refractivity (Wildman–Crippen MR) is 72.8 cm³/mol. The Labute approximate surface area is 111 Å². The Balaban J connectivity index is 2.04. The number of benzene rings is 1. The molecule has 96 valence electrons. The maximum atomic E-state index is 5.88. The SMILES string of the molecule is CC(C)n1nc(COc2cccc(Cl)c2)cc1N. The van der Waals surface area contributed by atoms with Crippen molar-refractivity contribution in [2.24, 2.45) is 0 Å². The van der Waals surface area contributed by atoms with Crippen molar-refractivity contribution in [2.75, 3.05) is 5.73 Å². The molecule has 18 heavy (non-hydrogen) atoms. The highest BCUT2D eigenvalue weighted by atomic mass is 35.5. The molecule has 0 radical (unpaired) electrons. The van der Waals surface area contributed by atoms with E-state index in [2.05, 4.69) is 5.10 Å². The summed E-state index contributed by atoms with van der Waals surface area (Å²) in [5, 5.41) is 5.03. The Morgan fingerprint density at radius 2 is 2.17 bits per heavy atom. The van der Waals surface area contributed by atoms with Gasteiger partial charge >= 0.3 is 0 Å². The van der Waals surface area contributed by atoms with Crippen LogP contribution in [0.1, 0.15) is 25.6 Å². The monoisotopic (exact) mass is 265 g/mol. The highest BCUT2D eigenvalue weighted by molar-refractivity contribution is 6.30. The number of aromatic nitrogens is 2. The smallest absolute Gasteiger partial charge is 0.132 e. The molecular formula is C13H16ClN3O. The first-order valence-corrected chi connectivity index (χ1v) is 6.16. The molecule has 1 heterocycles. The Kier molecular flexibility index (Phi) is 3.77. The van der Waals surface area contributed by atoms with Gasteiger partial charge in [-0.3, -0.25) is 0 Å². The zero-order chi connectivity index (χ0) is 13.1. The van der Waals surface area contributed by atoms with Gasteiger partial charge in [0.05, 0.1) is 0 Å². The molecular weight excluding hydrogens is 250 g/mol. The van der Waals surface area contributed by atoms with Crippen LogP contribution >= 0.6 is 11.6 Å². The maximum absolute atomic E-state index is 5.88. The summed E-state index contributed by atoms with van der Waals surface area (Å²) in [6.07, 6.45) is 0. The summed E-state index contributed by atoms with van der Waals surface area (Å²) in [6.45, 7) is 4.44. The van der Waals surface area contributed by atoms with Gasteiger partial charge in [-0.05, 0) is 32.0 Å². The van der Waals surface area contributed by atoms with Crippen molar-refractivity contribution in [2.45, 2.75) is 26.5 Å². The van der Waals surface area contributed by atoms with Crippen molar-refractivity contribution >= 4 is 17.4 Å². The van der Waals surface area contributed by atoms with Crippen LogP contribution in [0, 0.1) is 0 Å². The number of nitrogens with two attached hydrogens (primary N) is 1. The van der Waals surface area contributed by atoms with E-state index >= 15 is 0 Å². The normalized spacial score (nSPS) is 10.9. The molecule has 0 saturated heterocycles. The number of nitrogen functional groups attached to an aromatic ring is 1. The van der Waals surface area contributed by atoms with Crippen LogP contribution in [0.5, 0.6) is 5.75 Å². The zero-order valence-electron chi connectivity index (χ0n) is 10.4.